The lowest BCUT2D eigenvalue weighted by atomic mass is 10.0. The van der Waals surface area contributed by atoms with Crippen LogP contribution in [-0.4, -0.2) is 4.57 Å². The molecule has 0 aliphatic carbocycles. The molecule has 0 unspecified atom stereocenters. The molecule has 128 valence electrons. The zero-order valence-corrected chi connectivity index (χ0v) is 13.7. The Hall–Kier alpha value is -3.08. The van der Waals surface area contributed by atoms with Gasteiger partial charge in [0.25, 0.3) is 5.82 Å². The van der Waals surface area contributed by atoms with Crippen molar-refractivity contribution in [3.05, 3.63) is 83.9 Å². The Kier molecular flexibility index (Phi) is 3.04. The van der Waals surface area contributed by atoms with Crippen molar-refractivity contribution in [1.29, 1.82) is 0 Å². The van der Waals surface area contributed by atoms with E-state index in [1.165, 1.54) is 12.1 Å². The Labute approximate surface area is 147 Å². The van der Waals surface area contributed by atoms with E-state index in [0.29, 0.717) is 12.1 Å². The van der Waals surface area contributed by atoms with Gasteiger partial charge in [-0.3, -0.25) is 0 Å². The summed E-state index contributed by atoms with van der Waals surface area (Å²) in [5.74, 6) is 0.918. The second kappa shape index (κ2) is 5.21. The maximum absolute atomic E-state index is 13.1. The zero-order valence-electron chi connectivity index (χ0n) is 13.7. The fraction of sp³-hybridized carbons (Fsp3) is 0.0952. The monoisotopic (exact) mass is 351 g/mol. The molecule has 0 atom stereocenters. The highest BCUT2D eigenvalue weighted by Crippen LogP contribution is 2.37. The number of imidazole rings is 1. The lowest BCUT2D eigenvalue weighted by Crippen LogP contribution is -2.31. The van der Waals surface area contributed by atoms with Gasteiger partial charge in [0.1, 0.15) is 12.2 Å². The number of halogens is 3. The minimum atomic E-state index is -4.33. The third kappa shape index (κ3) is 2.10. The molecule has 2 nitrogen and oxygen atoms in total. The van der Waals surface area contributed by atoms with Crippen LogP contribution >= 0.6 is 0 Å². The summed E-state index contributed by atoms with van der Waals surface area (Å²) in [5.41, 5.74) is 3.99. The molecule has 5 rings (SSSR count). The smallest absolute Gasteiger partial charge is 0.218 e. The summed E-state index contributed by atoms with van der Waals surface area (Å²) >= 11 is 0. The van der Waals surface area contributed by atoms with E-state index in [1.807, 2.05) is 54.6 Å². The molecule has 0 N–H and O–H groups in total. The molecule has 26 heavy (non-hydrogen) atoms. The predicted molar refractivity (Wildman–Crippen MR) is 93.0 cm³/mol. The molecule has 0 saturated heterocycles. The van der Waals surface area contributed by atoms with Gasteiger partial charge < -0.3 is 0 Å². The highest BCUT2D eigenvalue weighted by molar-refractivity contribution is 5.80. The van der Waals surface area contributed by atoms with Crippen molar-refractivity contribution in [2.24, 2.45) is 0 Å². The molecule has 0 fully saturated rings. The largest absolute Gasteiger partial charge is 0.416 e. The predicted octanol–water partition coefficient (Wildman–Crippen LogP) is 4.97. The van der Waals surface area contributed by atoms with Crippen molar-refractivity contribution in [1.82, 2.24) is 4.57 Å². The number of para-hydroxylation sites is 3. The van der Waals surface area contributed by atoms with Crippen LogP contribution in [-0.2, 0) is 12.7 Å². The Balaban J connectivity index is 1.82. The molecule has 0 amide bonds. The summed E-state index contributed by atoms with van der Waals surface area (Å²) in [4.78, 5) is 0. The number of nitrogens with zero attached hydrogens (tertiary/aromatic N) is 2. The van der Waals surface area contributed by atoms with Crippen LogP contribution in [0.5, 0.6) is 0 Å². The second-order valence-corrected chi connectivity index (χ2v) is 6.44. The van der Waals surface area contributed by atoms with Gasteiger partial charge in [-0.15, -0.1) is 0 Å². The molecule has 4 aromatic rings. The van der Waals surface area contributed by atoms with Gasteiger partial charge in [-0.05, 0) is 42.5 Å². The first kappa shape index (κ1) is 15.2. The topological polar surface area (TPSA) is 8.81 Å². The van der Waals surface area contributed by atoms with Crippen LogP contribution in [0.1, 0.15) is 11.1 Å². The fourth-order valence-corrected chi connectivity index (χ4v) is 3.78. The lowest BCUT2D eigenvalue weighted by molar-refractivity contribution is -0.645. The van der Waals surface area contributed by atoms with Crippen LogP contribution in [0, 0.1) is 0 Å². The Bertz CT molecular complexity index is 1140. The molecule has 0 saturated carbocycles. The normalized spacial score (nSPS) is 13.0. The second-order valence-electron chi connectivity index (χ2n) is 6.44. The SMILES string of the molecule is FC(F)(F)c1ccc2c(c1)C[n+]1c-2n(-c2ccccc2)c2ccccc21. The van der Waals surface area contributed by atoms with E-state index in [-0.39, 0.29) is 0 Å². The highest BCUT2D eigenvalue weighted by Gasteiger charge is 2.37. The van der Waals surface area contributed by atoms with Gasteiger partial charge in [0.05, 0.1) is 11.1 Å². The molecule has 5 heteroatoms. The van der Waals surface area contributed by atoms with Crippen LogP contribution in [0.2, 0.25) is 0 Å². The van der Waals surface area contributed by atoms with Crippen molar-refractivity contribution >= 4 is 11.0 Å². The van der Waals surface area contributed by atoms with Gasteiger partial charge in [0.15, 0.2) is 11.0 Å². The molecule has 0 bridgehead atoms. The van der Waals surface area contributed by atoms with Crippen molar-refractivity contribution in [3.8, 4) is 17.1 Å². The van der Waals surface area contributed by atoms with Crippen LogP contribution in [0.25, 0.3) is 28.1 Å². The first-order valence-corrected chi connectivity index (χ1v) is 8.33. The number of aromatic nitrogens is 2. The Morgan fingerprint density at radius 1 is 0.846 bits per heavy atom. The van der Waals surface area contributed by atoms with Gasteiger partial charge >= 0.3 is 6.18 Å². The van der Waals surface area contributed by atoms with E-state index < -0.39 is 11.7 Å². The zero-order chi connectivity index (χ0) is 17.9. The first-order chi connectivity index (χ1) is 12.5. The maximum atomic E-state index is 13.1. The number of rotatable bonds is 1. The van der Waals surface area contributed by atoms with Gasteiger partial charge in [-0.25, -0.2) is 4.57 Å². The van der Waals surface area contributed by atoms with E-state index in [4.69, 9.17) is 0 Å². The van der Waals surface area contributed by atoms with Crippen molar-refractivity contribution in [2.75, 3.05) is 0 Å². The summed E-state index contributed by atoms with van der Waals surface area (Å²) in [7, 11) is 0. The molecule has 1 aliphatic rings. The van der Waals surface area contributed by atoms with Crippen molar-refractivity contribution in [3.63, 3.8) is 0 Å². The average Bonchev–Trinajstić information content (AvgIpc) is 3.16. The third-order valence-electron chi connectivity index (χ3n) is 4.90. The first-order valence-electron chi connectivity index (χ1n) is 8.33. The molecule has 3 aromatic carbocycles. The van der Waals surface area contributed by atoms with E-state index in [2.05, 4.69) is 9.13 Å². The van der Waals surface area contributed by atoms with E-state index >= 15 is 0 Å². The Morgan fingerprint density at radius 2 is 1.58 bits per heavy atom. The van der Waals surface area contributed by atoms with Crippen LogP contribution in [0.3, 0.4) is 0 Å². The maximum Gasteiger partial charge on any atom is 0.416 e. The van der Waals surface area contributed by atoms with Crippen molar-refractivity contribution < 1.29 is 17.7 Å². The molecule has 2 heterocycles. The fourth-order valence-electron chi connectivity index (χ4n) is 3.78. The number of alkyl halides is 3. The van der Waals surface area contributed by atoms with E-state index in [9.17, 15) is 13.2 Å². The average molecular weight is 351 g/mol. The van der Waals surface area contributed by atoms with Gasteiger partial charge in [0.2, 0.25) is 0 Å². The number of hydrogen-bond donors (Lipinski definition) is 0. The summed E-state index contributed by atoms with van der Waals surface area (Å²) in [5, 5.41) is 0. The minimum absolute atomic E-state index is 0.439. The highest BCUT2D eigenvalue weighted by atomic mass is 19.4. The van der Waals surface area contributed by atoms with Crippen LogP contribution in [0.15, 0.2) is 72.8 Å². The lowest BCUT2D eigenvalue weighted by Gasteiger charge is -2.08. The third-order valence-corrected chi connectivity index (χ3v) is 4.90. The van der Waals surface area contributed by atoms with Crippen LogP contribution < -0.4 is 4.57 Å². The molecule has 0 radical (unpaired) electrons. The molecule has 0 spiro atoms. The number of fused-ring (bicyclic) bond motifs is 5. The summed E-state index contributed by atoms with van der Waals surface area (Å²) in [6.07, 6.45) is -4.33. The summed E-state index contributed by atoms with van der Waals surface area (Å²) in [6, 6.07) is 21.9. The standard InChI is InChI=1S/C21H14F3N2/c22-21(23,24)15-10-11-17-14(12-15)13-25-18-8-4-5-9-19(18)26(20(17)25)16-6-2-1-3-7-16/h1-12H,13H2/q+1. The quantitative estimate of drug-likeness (QED) is 0.377. The summed E-state index contributed by atoms with van der Waals surface area (Å²) < 4.78 is 43.5. The molecule has 1 aromatic heterocycles. The van der Waals surface area contributed by atoms with Crippen LogP contribution in [0.4, 0.5) is 13.2 Å². The van der Waals surface area contributed by atoms with Gasteiger partial charge in [0, 0.05) is 5.56 Å². The van der Waals surface area contributed by atoms with Gasteiger partial charge in [-0.2, -0.15) is 17.7 Å². The minimum Gasteiger partial charge on any atom is -0.218 e. The number of benzene rings is 3. The van der Waals surface area contributed by atoms with Crippen molar-refractivity contribution in [2.45, 2.75) is 12.7 Å². The Morgan fingerprint density at radius 3 is 2.35 bits per heavy atom. The molecular weight excluding hydrogens is 337 g/mol. The summed E-state index contributed by atoms with van der Waals surface area (Å²) in [6.45, 7) is 0.439. The van der Waals surface area contributed by atoms with E-state index in [0.717, 1.165) is 28.1 Å². The van der Waals surface area contributed by atoms with E-state index in [1.54, 1.807) is 6.07 Å². The van der Waals surface area contributed by atoms with Gasteiger partial charge in [-0.1, -0.05) is 30.3 Å². The molecular formula is C21H14F3N2+. The molecule has 1 aliphatic heterocycles. The number of hydrogen-bond acceptors (Lipinski definition) is 0.